The van der Waals surface area contributed by atoms with E-state index in [4.69, 9.17) is 5.73 Å². The molecule has 0 aliphatic heterocycles. The number of nitrogens with two attached hydrogens (primary N) is 1. The Labute approximate surface area is 117 Å². The van der Waals surface area contributed by atoms with Crippen LogP contribution in [0.1, 0.15) is 23.8 Å². The van der Waals surface area contributed by atoms with E-state index in [-0.39, 0.29) is 17.2 Å². The standard InChI is InChI=1S/C15H17N3O2/c1-2-10-18(12-8-6-11(16)7-9-12)15(20)13-4-3-5-14(19)17-13/h3-9H,2,10,16H2,1H3,(H,17,19). The first kappa shape index (κ1) is 13.9. The maximum atomic E-state index is 12.5. The van der Waals surface area contributed by atoms with Crippen LogP contribution in [0, 0.1) is 0 Å². The van der Waals surface area contributed by atoms with E-state index < -0.39 is 0 Å². The van der Waals surface area contributed by atoms with E-state index in [0.717, 1.165) is 12.1 Å². The molecule has 0 radical (unpaired) electrons. The van der Waals surface area contributed by atoms with Crippen LogP contribution in [-0.4, -0.2) is 17.4 Å². The molecular formula is C15H17N3O2. The van der Waals surface area contributed by atoms with Crippen molar-refractivity contribution in [3.8, 4) is 0 Å². The molecule has 0 bridgehead atoms. The quantitative estimate of drug-likeness (QED) is 0.835. The number of hydrogen-bond donors (Lipinski definition) is 2. The van der Waals surface area contributed by atoms with Gasteiger partial charge in [-0.3, -0.25) is 9.59 Å². The Morgan fingerprint density at radius 3 is 2.50 bits per heavy atom. The number of benzene rings is 1. The number of carbonyl (C=O) groups is 1. The Morgan fingerprint density at radius 2 is 1.90 bits per heavy atom. The number of nitrogen functional groups attached to an aromatic ring is 1. The molecule has 2 aromatic rings. The summed E-state index contributed by atoms with van der Waals surface area (Å²) in [6.45, 7) is 2.56. The van der Waals surface area contributed by atoms with Crippen molar-refractivity contribution in [2.75, 3.05) is 17.2 Å². The topological polar surface area (TPSA) is 79.2 Å². The number of nitrogens with one attached hydrogen (secondary N) is 1. The molecule has 1 aromatic carbocycles. The summed E-state index contributed by atoms with van der Waals surface area (Å²) < 4.78 is 0. The molecule has 5 nitrogen and oxygen atoms in total. The Bertz CT molecular complexity index is 647. The molecule has 2 rings (SSSR count). The number of carbonyl (C=O) groups excluding carboxylic acids is 1. The number of amides is 1. The SMILES string of the molecule is CCCN(C(=O)c1cccc(=O)[nH]1)c1ccc(N)cc1. The zero-order valence-electron chi connectivity index (χ0n) is 11.3. The predicted octanol–water partition coefficient (Wildman–Crippen LogP) is 2.01. The molecule has 0 spiro atoms. The van der Waals surface area contributed by atoms with E-state index in [0.29, 0.717) is 12.2 Å². The largest absolute Gasteiger partial charge is 0.399 e. The molecule has 0 fully saturated rings. The lowest BCUT2D eigenvalue weighted by atomic mass is 10.2. The Morgan fingerprint density at radius 1 is 1.20 bits per heavy atom. The van der Waals surface area contributed by atoms with Gasteiger partial charge in [0.25, 0.3) is 5.91 Å². The minimum atomic E-state index is -0.287. The van der Waals surface area contributed by atoms with E-state index in [2.05, 4.69) is 4.98 Å². The van der Waals surface area contributed by atoms with Crippen molar-refractivity contribution in [1.29, 1.82) is 0 Å². The highest BCUT2D eigenvalue weighted by molar-refractivity contribution is 6.04. The van der Waals surface area contributed by atoms with Crippen LogP contribution in [0.2, 0.25) is 0 Å². The van der Waals surface area contributed by atoms with Crippen molar-refractivity contribution >= 4 is 17.3 Å². The molecule has 0 unspecified atom stereocenters. The first-order valence-electron chi connectivity index (χ1n) is 6.48. The molecular weight excluding hydrogens is 254 g/mol. The monoisotopic (exact) mass is 271 g/mol. The third-order valence-corrected chi connectivity index (χ3v) is 2.90. The number of H-pyrrole nitrogens is 1. The number of anilines is 2. The number of pyridine rings is 1. The van der Waals surface area contributed by atoms with Crippen molar-refractivity contribution in [3.05, 3.63) is 58.5 Å². The lowest BCUT2D eigenvalue weighted by molar-refractivity contribution is 0.0982. The summed E-state index contributed by atoms with van der Waals surface area (Å²) in [6.07, 6.45) is 0.813. The van der Waals surface area contributed by atoms with E-state index in [1.165, 1.54) is 6.07 Å². The zero-order chi connectivity index (χ0) is 14.5. The van der Waals surface area contributed by atoms with Gasteiger partial charge < -0.3 is 15.6 Å². The van der Waals surface area contributed by atoms with Crippen LogP contribution in [0.4, 0.5) is 11.4 Å². The maximum Gasteiger partial charge on any atom is 0.274 e. The summed E-state index contributed by atoms with van der Waals surface area (Å²) in [5, 5.41) is 0. The summed E-state index contributed by atoms with van der Waals surface area (Å²) >= 11 is 0. The summed E-state index contributed by atoms with van der Waals surface area (Å²) in [6, 6.07) is 11.6. The van der Waals surface area contributed by atoms with Gasteiger partial charge in [-0.25, -0.2) is 0 Å². The molecule has 0 saturated heterocycles. The second-order valence-corrected chi connectivity index (χ2v) is 4.48. The molecule has 0 aliphatic carbocycles. The Balaban J connectivity index is 2.35. The molecule has 1 amide bonds. The first-order chi connectivity index (χ1) is 9.61. The summed E-state index contributed by atoms with van der Waals surface area (Å²) in [5.41, 5.74) is 7.05. The van der Waals surface area contributed by atoms with Gasteiger partial charge in [0, 0.05) is 24.0 Å². The zero-order valence-corrected chi connectivity index (χ0v) is 11.3. The van der Waals surface area contributed by atoms with Crippen molar-refractivity contribution < 1.29 is 4.79 Å². The molecule has 20 heavy (non-hydrogen) atoms. The normalized spacial score (nSPS) is 10.2. The van der Waals surface area contributed by atoms with Crippen molar-refractivity contribution in [2.45, 2.75) is 13.3 Å². The summed E-state index contributed by atoms with van der Waals surface area (Å²) in [4.78, 5) is 28.0. The molecule has 0 aliphatic rings. The number of rotatable bonds is 4. The lowest BCUT2D eigenvalue weighted by Gasteiger charge is -2.22. The second kappa shape index (κ2) is 6.06. The molecule has 5 heteroatoms. The fourth-order valence-corrected chi connectivity index (χ4v) is 1.94. The average molecular weight is 271 g/mol. The van der Waals surface area contributed by atoms with Crippen molar-refractivity contribution in [2.24, 2.45) is 0 Å². The van der Waals surface area contributed by atoms with Gasteiger partial charge in [-0.1, -0.05) is 13.0 Å². The smallest absolute Gasteiger partial charge is 0.274 e. The van der Waals surface area contributed by atoms with E-state index >= 15 is 0 Å². The second-order valence-electron chi connectivity index (χ2n) is 4.48. The van der Waals surface area contributed by atoms with Gasteiger partial charge in [0.2, 0.25) is 5.56 Å². The Hall–Kier alpha value is -2.56. The minimum absolute atomic E-state index is 0.227. The number of aromatic amines is 1. The lowest BCUT2D eigenvalue weighted by Crippen LogP contribution is -2.33. The van der Waals surface area contributed by atoms with Gasteiger partial charge in [0.1, 0.15) is 5.69 Å². The van der Waals surface area contributed by atoms with Crippen LogP contribution in [0.3, 0.4) is 0 Å². The van der Waals surface area contributed by atoms with E-state index in [1.54, 1.807) is 41.3 Å². The molecule has 104 valence electrons. The van der Waals surface area contributed by atoms with E-state index in [9.17, 15) is 9.59 Å². The van der Waals surface area contributed by atoms with Crippen LogP contribution < -0.4 is 16.2 Å². The third kappa shape index (κ3) is 3.06. The number of nitrogens with zero attached hydrogens (tertiary/aromatic N) is 1. The van der Waals surface area contributed by atoms with Crippen LogP contribution in [0.5, 0.6) is 0 Å². The third-order valence-electron chi connectivity index (χ3n) is 2.90. The van der Waals surface area contributed by atoms with Gasteiger partial charge in [-0.05, 0) is 36.8 Å². The fraction of sp³-hybridized carbons (Fsp3) is 0.200. The van der Waals surface area contributed by atoms with Gasteiger partial charge in [-0.15, -0.1) is 0 Å². The highest BCUT2D eigenvalue weighted by Crippen LogP contribution is 2.18. The van der Waals surface area contributed by atoms with Gasteiger partial charge >= 0.3 is 0 Å². The van der Waals surface area contributed by atoms with Crippen LogP contribution in [0.25, 0.3) is 0 Å². The predicted molar refractivity (Wildman–Crippen MR) is 79.9 cm³/mol. The number of aromatic nitrogens is 1. The van der Waals surface area contributed by atoms with Crippen molar-refractivity contribution in [3.63, 3.8) is 0 Å². The van der Waals surface area contributed by atoms with Crippen molar-refractivity contribution in [1.82, 2.24) is 4.98 Å². The molecule has 0 atom stereocenters. The maximum absolute atomic E-state index is 12.5. The van der Waals surface area contributed by atoms with Crippen LogP contribution in [0.15, 0.2) is 47.3 Å². The van der Waals surface area contributed by atoms with E-state index in [1.807, 2.05) is 6.92 Å². The minimum Gasteiger partial charge on any atom is -0.399 e. The highest BCUT2D eigenvalue weighted by atomic mass is 16.2. The summed E-state index contributed by atoms with van der Waals surface area (Å²) in [5.74, 6) is -0.227. The van der Waals surface area contributed by atoms with Gasteiger partial charge in [-0.2, -0.15) is 0 Å². The molecule has 1 aromatic heterocycles. The van der Waals surface area contributed by atoms with Crippen LogP contribution in [-0.2, 0) is 0 Å². The molecule has 0 saturated carbocycles. The fourth-order valence-electron chi connectivity index (χ4n) is 1.94. The first-order valence-corrected chi connectivity index (χ1v) is 6.48. The molecule has 1 heterocycles. The Kier molecular flexibility index (Phi) is 4.20. The number of hydrogen-bond acceptors (Lipinski definition) is 3. The average Bonchev–Trinajstić information content (AvgIpc) is 2.45. The van der Waals surface area contributed by atoms with Crippen LogP contribution >= 0.6 is 0 Å². The molecule has 3 N–H and O–H groups in total. The van der Waals surface area contributed by atoms with Gasteiger partial charge in [0.15, 0.2) is 0 Å². The van der Waals surface area contributed by atoms with Gasteiger partial charge in [0.05, 0.1) is 0 Å². The summed E-state index contributed by atoms with van der Waals surface area (Å²) in [7, 11) is 0. The highest BCUT2D eigenvalue weighted by Gasteiger charge is 2.17.